The summed E-state index contributed by atoms with van der Waals surface area (Å²) in [4.78, 5) is 13.6. The molecule has 0 atom stereocenters. The number of carbonyl (C=O) groups excluding carboxylic acids is 1. The minimum absolute atomic E-state index is 0.109. The molecular weight excluding hydrogens is 216 g/mol. The van der Waals surface area contributed by atoms with Crippen LogP contribution in [0.1, 0.15) is 29.8 Å². The molecule has 0 aliphatic heterocycles. The second-order valence-electron chi connectivity index (χ2n) is 4.88. The van der Waals surface area contributed by atoms with E-state index in [9.17, 15) is 9.90 Å². The molecule has 0 heterocycles. The predicted octanol–water partition coefficient (Wildman–Crippen LogP) is 0.988. The van der Waals surface area contributed by atoms with E-state index in [0.29, 0.717) is 18.7 Å². The van der Waals surface area contributed by atoms with Crippen molar-refractivity contribution in [1.29, 1.82) is 0 Å². The van der Waals surface area contributed by atoms with Gasteiger partial charge in [-0.25, -0.2) is 0 Å². The first-order valence-electron chi connectivity index (χ1n) is 5.60. The van der Waals surface area contributed by atoms with Crippen molar-refractivity contribution < 1.29 is 9.90 Å². The average Bonchev–Trinajstić information content (AvgIpc) is 2.26. The van der Waals surface area contributed by atoms with Crippen molar-refractivity contribution in [3.05, 3.63) is 35.4 Å². The van der Waals surface area contributed by atoms with Crippen LogP contribution in [0, 0.1) is 0 Å². The van der Waals surface area contributed by atoms with Crippen LogP contribution in [0.4, 0.5) is 0 Å². The Morgan fingerprint density at radius 2 is 2.12 bits per heavy atom. The van der Waals surface area contributed by atoms with Gasteiger partial charge in [0.15, 0.2) is 0 Å². The first-order chi connectivity index (χ1) is 7.83. The topological polar surface area (TPSA) is 66.6 Å². The van der Waals surface area contributed by atoms with E-state index in [1.54, 1.807) is 33.0 Å². The summed E-state index contributed by atoms with van der Waals surface area (Å²) >= 11 is 0. The zero-order chi connectivity index (χ0) is 13.1. The fourth-order valence-corrected chi connectivity index (χ4v) is 1.70. The lowest BCUT2D eigenvalue weighted by Crippen LogP contribution is -2.39. The highest BCUT2D eigenvalue weighted by molar-refractivity contribution is 5.94. The molecule has 0 saturated heterocycles. The molecule has 4 nitrogen and oxygen atoms in total. The van der Waals surface area contributed by atoms with E-state index >= 15 is 0 Å². The van der Waals surface area contributed by atoms with E-state index in [0.717, 1.165) is 5.56 Å². The quantitative estimate of drug-likeness (QED) is 0.819. The lowest BCUT2D eigenvalue weighted by molar-refractivity contribution is 0.0368. The summed E-state index contributed by atoms with van der Waals surface area (Å²) in [6.45, 7) is 4.05. The Kier molecular flexibility index (Phi) is 4.26. The highest BCUT2D eigenvalue weighted by atomic mass is 16.3. The minimum Gasteiger partial charge on any atom is -0.389 e. The van der Waals surface area contributed by atoms with E-state index in [-0.39, 0.29) is 5.91 Å². The van der Waals surface area contributed by atoms with Gasteiger partial charge in [-0.2, -0.15) is 0 Å². The van der Waals surface area contributed by atoms with Gasteiger partial charge in [0.05, 0.1) is 5.60 Å². The molecule has 1 aromatic rings. The zero-order valence-corrected chi connectivity index (χ0v) is 10.6. The summed E-state index contributed by atoms with van der Waals surface area (Å²) in [5.74, 6) is -0.109. The molecule has 4 heteroatoms. The maximum absolute atomic E-state index is 12.1. The molecule has 1 amide bonds. The van der Waals surface area contributed by atoms with Gasteiger partial charge in [0.1, 0.15) is 0 Å². The third-order valence-corrected chi connectivity index (χ3v) is 2.38. The molecule has 94 valence electrons. The van der Waals surface area contributed by atoms with Crippen molar-refractivity contribution in [3.63, 3.8) is 0 Å². The van der Waals surface area contributed by atoms with Crippen molar-refractivity contribution in [2.75, 3.05) is 13.6 Å². The summed E-state index contributed by atoms with van der Waals surface area (Å²) in [5.41, 5.74) is 6.16. The Labute approximate surface area is 102 Å². The monoisotopic (exact) mass is 236 g/mol. The molecule has 1 rings (SSSR count). The first kappa shape index (κ1) is 13.7. The van der Waals surface area contributed by atoms with Gasteiger partial charge >= 0.3 is 0 Å². The van der Waals surface area contributed by atoms with Crippen LogP contribution in [0.3, 0.4) is 0 Å². The van der Waals surface area contributed by atoms with Crippen LogP contribution in [0.25, 0.3) is 0 Å². The Hall–Kier alpha value is -1.39. The van der Waals surface area contributed by atoms with Gasteiger partial charge in [-0.05, 0) is 31.5 Å². The van der Waals surface area contributed by atoms with Crippen LogP contribution in [-0.2, 0) is 6.54 Å². The van der Waals surface area contributed by atoms with Crippen LogP contribution in [0.15, 0.2) is 24.3 Å². The number of nitrogens with two attached hydrogens (primary N) is 1. The van der Waals surface area contributed by atoms with Crippen molar-refractivity contribution in [3.8, 4) is 0 Å². The number of carbonyl (C=O) groups is 1. The van der Waals surface area contributed by atoms with Crippen molar-refractivity contribution in [1.82, 2.24) is 4.90 Å². The van der Waals surface area contributed by atoms with Crippen LogP contribution >= 0.6 is 0 Å². The van der Waals surface area contributed by atoms with Gasteiger partial charge in [0.25, 0.3) is 5.91 Å². The normalized spacial score (nSPS) is 11.4. The molecule has 0 aromatic heterocycles. The molecule has 0 bridgehead atoms. The largest absolute Gasteiger partial charge is 0.389 e. The summed E-state index contributed by atoms with van der Waals surface area (Å²) in [6, 6.07) is 7.23. The average molecular weight is 236 g/mol. The second kappa shape index (κ2) is 5.29. The van der Waals surface area contributed by atoms with Gasteiger partial charge in [0.2, 0.25) is 0 Å². The number of hydrogen-bond acceptors (Lipinski definition) is 3. The smallest absolute Gasteiger partial charge is 0.253 e. The predicted molar refractivity (Wildman–Crippen MR) is 67.6 cm³/mol. The molecule has 0 radical (unpaired) electrons. The molecule has 0 fully saturated rings. The lowest BCUT2D eigenvalue weighted by atomic mass is 10.1. The zero-order valence-electron chi connectivity index (χ0n) is 10.6. The summed E-state index contributed by atoms with van der Waals surface area (Å²) in [6.07, 6.45) is 0. The molecule has 3 N–H and O–H groups in total. The fraction of sp³-hybridized carbons (Fsp3) is 0.462. The molecule has 17 heavy (non-hydrogen) atoms. The Balaban J connectivity index is 2.81. The Bertz CT molecular complexity index is 397. The van der Waals surface area contributed by atoms with Gasteiger partial charge in [-0.3, -0.25) is 4.79 Å². The standard InChI is InChI=1S/C13H20N2O2/c1-13(2,17)9-15(3)12(16)11-6-4-5-10(7-11)8-14/h4-7,17H,8-9,14H2,1-3H3. The van der Waals surface area contributed by atoms with E-state index < -0.39 is 5.60 Å². The Morgan fingerprint density at radius 1 is 1.47 bits per heavy atom. The molecule has 0 aliphatic carbocycles. The molecular formula is C13H20N2O2. The number of amides is 1. The van der Waals surface area contributed by atoms with Gasteiger partial charge in [0, 0.05) is 25.7 Å². The summed E-state index contributed by atoms with van der Waals surface area (Å²) < 4.78 is 0. The fourth-order valence-electron chi connectivity index (χ4n) is 1.70. The molecule has 0 aliphatic rings. The van der Waals surface area contributed by atoms with Crippen molar-refractivity contribution >= 4 is 5.91 Å². The Morgan fingerprint density at radius 3 is 2.65 bits per heavy atom. The summed E-state index contributed by atoms with van der Waals surface area (Å²) in [7, 11) is 1.68. The van der Waals surface area contributed by atoms with Crippen LogP contribution in [0.5, 0.6) is 0 Å². The highest BCUT2D eigenvalue weighted by Crippen LogP contribution is 2.10. The van der Waals surface area contributed by atoms with Crippen LogP contribution in [0.2, 0.25) is 0 Å². The van der Waals surface area contributed by atoms with E-state index in [1.165, 1.54) is 4.90 Å². The SMILES string of the molecule is CN(CC(C)(C)O)C(=O)c1cccc(CN)c1. The minimum atomic E-state index is -0.893. The number of hydrogen-bond donors (Lipinski definition) is 2. The molecule has 0 unspecified atom stereocenters. The number of rotatable bonds is 4. The number of nitrogens with zero attached hydrogens (tertiary/aromatic N) is 1. The molecule has 0 saturated carbocycles. The number of benzene rings is 1. The molecule has 1 aromatic carbocycles. The van der Waals surface area contributed by atoms with Crippen LogP contribution < -0.4 is 5.73 Å². The van der Waals surface area contributed by atoms with Crippen molar-refractivity contribution in [2.45, 2.75) is 26.0 Å². The van der Waals surface area contributed by atoms with Gasteiger partial charge in [-0.15, -0.1) is 0 Å². The summed E-state index contributed by atoms with van der Waals surface area (Å²) in [5, 5.41) is 9.67. The van der Waals surface area contributed by atoms with E-state index in [2.05, 4.69) is 0 Å². The second-order valence-corrected chi connectivity index (χ2v) is 4.88. The van der Waals surface area contributed by atoms with Gasteiger partial charge < -0.3 is 15.7 Å². The van der Waals surface area contributed by atoms with Crippen LogP contribution in [-0.4, -0.2) is 35.1 Å². The number of likely N-dealkylation sites (N-methyl/N-ethyl adjacent to an activating group) is 1. The molecule has 0 spiro atoms. The third-order valence-electron chi connectivity index (χ3n) is 2.38. The maximum Gasteiger partial charge on any atom is 0.253 e. The van der Waals surface area contributed by atoms with E-state index in [4.69, 9.17) is 5.73 Å². The third kappa shape index (κ3) is 4.17. The highest BCUT2D eigenvalue weighted by Gasteiger charge is 2.20. The van der Waals surface area contributed by atoms with Crippen molar-refractivity contribution in [2.24, 2.45) is 5.73 Å². The van der Waals surface area contributed by atoms with E-state index in [1.807, 2.05) is 12.1 Å². The first-order valence-corrected chi connectivity index (χ1v) is 5.60. The lowest BCUT2D eigenvalue weighted by Gasteiger charge is -2.25. The van der Waals surface area contributed by atoms with Gasteiger partial charge in [-0.1, -0.05) is 12.1 Å². The number of aliphatic hydroxyl groups is 1. The maximum atomic E-state index is 12.1.